The van der Waals surface area contributed by atoms with Crippen molar-refractivity contribution in [2.24, 2.45) is 0 Å². The lowest BCUT2D eigenvalue weighted by atomic mass is 10.1. The lowest BCUT2D eigenvalue weighted by Gasteiger charge is -2.08. The van der Waals surface area contributed by atoms with E-state index < -0.39 is 49.2 Å². The van der Waals surface area contributed by atoms with Crippen LogP contribution >= 0.6 is 0 Å². The van der Waals surface area contributed by atoms with Crippen molar-refractivity contribution in [2.75, 3.05) is 7.04 Å². The normalized spacial score (nSPS) is 14.9. The van der Waals surface area contributed by atoms with Gasteiger partial charge in [-0.05, 0) is 35.4 Å². The second-order valence-corrected chi connectivity index (χ2v) is 5.96. The fourth-order valence-electron chi connectivity index (χ4n) is 2.33. The molecule has 2 amide bonds. The molecular weight excluding hydrogens is 400 g/mol. The Morgan fingerprint density at radius 3 is 2.23 bits per heavy atom. The molecule has 0 radical (unpaired) electrons. The number of methoxy groups -OCH3 is 1. The molecule has 0 atom stereocenters. The van der Waals surface area contributed by atoms with Crippen LogP contribution in [0.2, 0.25) is 0 Å². The van der Waals surface area contributed by atoms with Crippen LogP contribution in [0.5, 0.6) is 5.75 Å². The maximum atomic E-state index is 12.7. The molecule has 0 saturated carbocycles. The number of carbonyl (C=O) groups excluding carboxylic acids is 2. The fourth-order valence-corrected chi connectivity index (χ4v) is 2.33. The summed E-state index contributed by atoms with van der Waals surface area (Å²) in [6.07, 6.45) is 0.863. The van der Waals surface area contributed by atoms with Crippen LogP contribution < -0.4 is 15.4 Å². The van der Waals surface area contributed by atoms with Gasteiger partial charge in [-0.25, -0.2) is 14.8 Å². The van der Waals surface area contributed by atoms with Crippen LogP contribution in [0.15, 0.2) is 60.9 Å². The quantitative estimate of drug-likeness (QED) is 0.501. The first-order valence-electron chi connectivity index (χ1n) is 12.2. The molecule has 0 saturated heterocycles. The predicted octanol–water partition coefficient (Wildman–Crippen LogP) is 2.04. The fraction of sp³-hybridized carbons (Fsp3) is 0.136. The third kappa shape index (κ3) is 5.86. The topological polar surface area (TPSA) is 131 Å². The number of hydrogen-bond donors (Lipinski definition) is 3. The van der Waals surface area contributed by atoms with Gasteiger partial charge in [0, 0.05) is 19.1 Å². The second-order valence-electron chi connectivity index (χ2n) is 5.96. The van der Waals surface area contributed by atoms with Crippen molar-refractivity contribution in [3.63, 3.8) is 0 Å². The maximum Gasteiger partial charge on any atom is 0.335 e. The van der Waals surface area contributed by atoms with E-state index in [9.17, 15) is 14.4 Å². The molecule has 0 aliphatic heterocycles. The van der Waals surface area contributed by atoms with Gasteiger partial charge in [-0.3, -0.25) is 9.59 Å². The summed E-state index contributed by atoms with van der Waals surface area (Å²) in [4.78, 5) is 43.8. The van der Waals surface area contributed by atoms with E-state index in [1.54, 1.807) is 0 Å². The van der Waals surface area contributed by atoms with Crippen LogP contribution in [0.1, 0.15) is 52.1 Å². The number of rotatable bonds is 8. The Morgan fingerprint density at radius 1 is 0.968 bits per heavy atom. The van der Waals surface area contributed by atoms with Gasteiger partial charge in [-0.1, -0.05) is 24.3 Å². The molecule has 2 aromatic carbocycles. The molecule has 9 heteroatoms. The van der Waals surface area contributed by atoms with Gasteiger partial charge in [-0.2, -0.15) is 0 Å². The zero-order valence-electron chi connectivity index (χ0n) is 22.7. The number of hydrogen-bond acceptors (Lipinski definition) is 6. The van der Waals surface area contributed by atoms with Crippen LogP contribution in [-0.2, 0) is 13.0 Å². The molecule has 158 valence electrons. The number of carboxylic acids is 1. The summed E-state index contributed by atoms with van der Waals surface area (Å²) in [5, 5.41) is 13.2. The molecule has 0 bridgehead atoms. The number of ether oxygens (including phenoxy) is 1. The average molecular weight is 427 g/mol. The number of nitrogens with one attached hydrogen (secondary N) is 2. The Hall–Kier alpha value is -4.27. The number of benzene rings is 2. The highest BCUT2D eigenvalue weighted by Crippen LogP contribution is 2.12. The minimum Gasteiger partial charge on any atom is -0.497 e. The number of carboxylic acid groups (broad SMARTS) is 1. The zero-order valence-corrected chi connectivity index (χ0v) is 15.7. The lowest BCUT2D eigenvalue weighted by Crippen LogP contribution is -2.27. The van der Waals surface area contributed by atoms with Gasteiger partial charge in [0.15, 0.2) is 0 Å². The highest BCUT2D eigenvalue weighted by molar-refractivity contribution is 5.97. The van der Waals surface area contributed by atoms with Gasteiger partial charge in [0.1, 0.15) is 23.5 Å². The molecular formula is C22H20N4O5. The van der Waals surface area contributed by atoms with Crippen molar-refractivity contribution >= 4 is 17.8 Å². The van der Waals surface area contributed by atoms with Crippen molar-refractivity contribution in [3.05, 3.63) is 89.0 Å². The van der Waals surface area contributed by atoms with Gasteiger partial charge >= 0.3 is 5.97 Å². The summed E-state index contributed by atoms with van der Waals surface area (Å²) in [6.45, 7) is -4.93. The van der Waals surface area contributed by atoms with Crippen LogP contribution in [0.3, 0.4) is 0 Å². The molecule has 0 spiro atoms. The summed E-state index contributed by atoms with van der Waals surface area (Å²) in [6, 6.07) is 10.7. The largest absolute Gasteiger partial charge is 0.497 e. The lowest BCUT2D eigenvalue weighted by molar-refractivity contribution is 0.0696. The van der Waals surface area contributed by atoms with Gasteiger partial charge in [0.2, 0.25) is 0 Å². The van der Waals surface area contributed by atoms with Crippen molar-refractivity contribution in [2.45, 2.75) is 13.0 Å². The van der Waals surface area contributed by atoms with E-state index in [0.29, 0.717) is 0 Å². The number of amides is 2. The Bertz CT molecular complexity index is 1360. The Balaban J connectivity index is 1.74. The summed E-state index contributed by atoms with van der Waals surface area (Å²) in [7, 11) is -2.76. The summed E-state index contributed by atoms with van der Waals surface area (Å²) >= 11 is 0. The van der Waals surface area contributed by atoms with E-state index in [2.05, 4.69) is 20.6 Å². The minimum absolute atomic E-state index is 0.0410. The first-order chi connectivity index (χ1) is 17.6. The van der Waals surface area contributed by atoms with Gasteiger partial charge < -0.3 is 20.5 Å². The molecule has 1 aromatic heterocycles. The standard InChI is InChI=1S/C22H20N4O5/c1-31-17-4-2-3-15(9-17)12-24-21(28)19-10-18(25-13-26-19)20(27)23-11-14-5-7-16(8-6-14)22(29)30/h2-10,13H,11-12H2,1H3,(H,23,27)(H,24,28)(H,29,30)/i1D3,11D2,12D2. The van der Waals surface area contributed by atoms with E-state index in [4.69, 9.17) is 19.4 Å². The van der Waals surface area contributed by atoms with E-state index in [1.165, 1.54) is 42.5 Å². The SMILES string of the molecule is [2H]C([2H])([2H])Oc1cccc(C([2H])([2H])NC(=O)c2cc(C(=O)NC([2H])([2H])c3ccc(C(=O)O)cc3)ncn2)c1. The summed E-state index contributed by atoms with van der Waals surface area (Å²) < 4.78 is 58.9. The van der Waals surface area contributed by atoms with Gasteiger partial charge in [-0.15, -0.1) is 0 Å². The third-order valence-corrected chi connectivity index (χ3v) is 3.86. The predicted molar refractivity (Wildman–Crippen MR) is 111 cm³/mol. The van der Waals surface area contributed by atoms with Crippen LogP contribution in [0.4, 0.5) is 0 Å². The molecule has 0 aliphatic rings. The molecule has 31 heavy (non-hydrogen) atoms. The first-order valence-corrected chi connectivity index (χ1v) is 8.68. The zero-order chi connectivity index (χ0) is 28.3. The third-order valence-electron chi connectivity index (χ3n) is 3.86. The molecule has 0 unspecified atom stereocenters. The maximum absolute atomic E-state index is 12.7. The monoisotopic (exact) mass is 427 g/mol. The smallest absolute Gasteiger partial charge is 0.335 e. The van der Waals surface area contributed by atoms with Crippen LogP contribution in [0, 0.1) is 0 Å². The van der Waals surface area contributed by atoms with Crippen molar-refractivity contribution < 1.29 is 33.8 Å². The van der Waals surface area contributed by atoms with Crippen molar-refractivity contribution in [1.29, 1.82) is 0 Å². The Labute approximate surface area is 188 Å². The minimum atomic E-state index is -2.76. The number of aromatic carboxylic acids is 1. The van der Waals surface area contributed by atoms with Gasteiger partial charge in [0.05, 0.1) is 22.2 Å². The number of carbonyl (C=O) groups is 3. The number of nitrogens with zero attached hydrogens (tertiary/aromatic N) is 2. The molecule has 0 fully saturated rings. The van der Waals surface area contributed by atoms with E-state index in [1.807, 2.05) is 0 Å². The first kappa shape index (κ1) is 13.9. The van der Waals surface area contributed by atoms with Crippen molar-refractivity contribution in [3.8, 4) is 5.75 Å². The molecule has 1 heterocycles. The average Bonchev–Trinajstić information content (AvgIpc) is 2.82. The molecule has 3 aromatic rings. The van der Waals surface area contributed by atoms with Crippen LogP contribution in [-0.4, -0.2) is 39.9 Å². The molecule has 0 aliphatic carbocycles. The highest BCUT2D eigenvalue weighted by Gasteiger charge is 2.13. The van der Waals surface area contributed by atoms with E-state index >= 15 is 0 Å². The number of aromatic nitrogens is 2. The second kappa shape index (κ2) is 9.97. The van der Waals surface area contributed by atoms with Crippen LogP contribution in [0.25, 0.3) is 0 Å². The molecule has 3 rings (SSSR count). The van der Waals surface area contributed by atoms with Crippen molar-refractivity contribution in [1.82, 2.24) is 20.6 Å². The molecule has 9 nitrogen and oxygen atoms in total. The highest BCUT2D eigenvalue weighted by atomic mass is 16.5. The summed E-state index contributed by atoms with van der Waals surface area (Å²) in [5.74, 6) is -3.41. The Kier molecular flexibility index (Phi) is 4.46. The molecule has 3 N–H and O–H groups in total. The van der Waals surface area contributed by atoms with E-state index in [0.717, 1.165) is 18.5 Å². The van der Waals surface area contributed by atoms with Gasteiger partial charge in [0.25, 0.3) is 11.8 Å². The van der Waals surface area contributed by atoms with E-state index in [-0.39, 0.29) is 22.4 Å². The summed E-state index contributed by atoms with van der Waals surface area (Å²) in [5.41, 5.74) is -1.04. The Morgan fingerprint density at radius 2 is 1.61 bits per heavy atom.